The lowest BCUT2D eigenvalue weighted by molar-refractivity contribution is 0.0948. The van der Waals surface area contributed by atoms with Crippen molar-refractivity contribution in [2.75, 3.05) is 11.9 Å². The van der Waals surface area contributed by atoms with E-state index in [1.165, 1.54) is 0 Å². The first kappa shape index (κ1) is 21.7. The molecule has 26 heavy (non-hydrogen) atoms. The molecule has 0 aliphatic rings. The van der Waals surface area contributed by atoms with Crippen LogP contribution in [-0.4, -0.2) is 18.4 Å². The molecule has 2 aromatic carbocycles. The van der Waals surface area contributed by atoms with Crippen LogP contribution in [0.1, 0.15) is 45.7 Å². The van der Waals surface area contributed by atoms with E-state index in [4.69, 9.17) is 5.73 Å². The largest absolute Gasteiger partial charge is 0.352 e. The maximum Gasteiger partial charge on any atom is 0.255 e. The lowest BCUT2D eigenvalue weighted by Gasteiger charge is -2.12. The van der Waals surface area contributed by atoms with Gasteiger partial charge in [0.05, 0.1) is 0 Å². The van der Waals surface area contributed by atoms with Crippen molar-refractivity contribution in [1.29, 1.82) is 0 Å². The van der Waals surface area contributed by atoms with Crippen molar-refractivity contribution in [2.24, 2.45) is 11.7 Å². The van der Waals surface area contributed by atoms with Gasteiger partial charge in [0.15, 0.2) is 0 Å². The Morgan fingerprint density at radius 2 is 1.62 bits per heavy atom. The summed E-state index contributed by atoms with van der Waals surface area (Å²) in [5.74, 6) is 0.102. The Balaban J connectivity index is 0.00000338. The Morgan fingerprint density at radius 3 is 2.15 bits per heavy atom. The summed E-state index contributed by atoms with van der Waals surface area (Å²) >= 11 is 0. The first-order valence-corrected chi connectivity index (χ1v) is 8.40. The number of aryl methyl sites for hydroxylation is 1. The predicted molar refractivity (Wildman–Crippen MR) is 108 cm³/mol. The van der Waals surface area contributed by atoms with Crippen molar-refractivity contribution in [1.82, 2.24) is 5.32 Å². The average molecular weight is 376 g/mol. The maximum absolute atomic E-state index is 12.3. The number of benzene rings is 2. The van der Waals surface area contributed by atoms with Crippen LogP contribution in [0.2, 0.25) is 0 Å². The van der Waals surface area contributed by atoms with Gasteiger partial charge in [-0.15, -0.1) is 12.4 Å². The SMILES string of the molecule is Cc1cc(C(=O)NCC(C)C)ccc1NC(=O)c1ccc(CN)cc1.Cl. The molecule has 6 heteroatoms. The van der Waals surface area contributed by atoms with Gasteiger partial charge < -0.3 is 16.4 Å². The normalized spacial score (nSPS) is 10.2. The molecule has 0 bridgehead atoms. The van der Waals surface area contributed by atoms with Crippen LogP contribution in [0.15, 0.2) is 42.5 Å². The van der Waals surface area contributed by atoms with Gasteiger partial charge in [-0.2, -0.15) is 0 Å². The van der Waals surface area contributed by atoms with Crippen LogP contribution < -0.4 is 16.4 Å². The molecule has 0 radical (unpaired) electrons. The molecule has 2 rings (SSSR count). The van der Waals surface area contributed by atoms with Crippen molar-refractivity contribution >= 4 is 29.9 Å². The van der Waals surface area contributed by atoms with Crippen molar-refractivity contribution < 1.29 is 9.59 Å². The lowest BCUT2D eigenvalue weighted by atomic mass is 10.1. The van der Waals surface area contributed by atoms with Crippen LogP contribution in [0.25, 0.3) is 0 Å². The molecule has 140 valence electrons. The highest BCUT2D eigenvalue weighted by Crippen LogP contribution is 2.18. The third-order valence-electron chi connectivity index (χ3n) is 3.86. The Morgan fingerprint density at radius 1 is 1.00 bits per heavy atom. The Kier molecular flexibility index (Phi) is 8.29. The maximum atomic E-state index is 12.3. The number of hydrogen-bond acceptors (Lipinski definition) is 3. The molecule has 0 unspecified atom stereocenters. The van der Waals surface area contributed by atoms with E-state index in [1.807, 2.05) is 32.9 Å². The number of halogens is 1. The van der Waals surface area contributed by atoms with Crippen molar-refractivity contribution in [3.8, 4) is 0 Å². The third kappa shape index (κ3) is 5.86. The second-order valence-electron chi connectivity index (χ2n) is 6.49. The van der Waals surface area contributed by atoms with E-state index in [0.717, 1.165) is 11.1 Å². The fourth-order valence-corrected chi connectivity index (χ4v) is 2.33. The Labute approximate surface area is 160 Å². The average Bonchev–Trinajstić information content (AvgIpc) is 2.61. The van der Waals surface area contributed by atoms with Crippen molar-refractivity contribution in [3.05, 3.63) is 64.7 Å². The first-order chi connectivity index (χ1) is 11.9. The minimum Gasteiger partial charge on any atom is -0.352 e. The van der Waals surface area contributed by atoms with Crippen LogP contribution in [0.3, 0.4) is 0 Å². The zero-order valence-corrected chi connectivity index (χ0v) is 16.2. The first-order valence-electron chi connectivity index (χ1n) is 8.40. The smallest absolute Gasteiger partial charge is 0.255 e. The third-order valence-corrected chi connectivity index (χ3v) is 3.86. The van der Waals surface area contributed by atoms with E-state index in [-0.39, 0.29) is 24.2 Å². The highest BCUT2D eigenvalue weighted by Gasteiger charge is 2.11. The molecule has 0 saturated heterocycles. The number of carbonyl (C=O) groups is 2. The molecule has 0 aliphatic carbocycles. The van der Waals surface area contributed by atoms with E-state index in [9.17, 15) is 9.59 Å². The van der Waals surface area contributed by atoms with E-state index in [1.54, 1.807) is 30.3 Å². The van der Waals surface area contributed by atoms with E-state index >= 15 is 0 Å². The van der Waals surface area contributed by atoms with Crippen LogP contribution in [0, 0.1) is 12.8 Å². The summed E-state index contributed by atoms with van der Waals surface area (Å²) < 4.78 is 0. The Bertz CT molecular complexity index is 758. The second-order valence-corrected chi connectivity index (χ2v) is 6.49. The van der Waals surface area contributed by atoms with Gasteiger partial charge in [-0.25, -0.2) is 0 Å². The Hall–Kier alpha value is -2.37. The standard InChI is InChI=1S/C20H25N3O2.ClH/c1-13(2)12-22-19(24)17-8-9-18(14(3)10-17)23-20(25)16-6-4-15(11-21)5-7-16;/h4-10,13H,11-12,21H2,1-3H3,(H,22,24)(H,23,25);1H. The molecular weight excluding hydrogens is 350 g/mol. The molecule has 0 saturated carbocycles. The molecule has 4 N–H and O–H groups in total. The molecule has 0 fully saturated rings. The summed E-state index contributed by atoms with van der Waals surface area (Å²) in [7, 11) is 0. The fraction of sp³-hybridized carbons (Fsp3) is 0.300. The summed E-state index contributed by atoms with van der Waals surface area (Å²) in [4.78, 5) is 24.4. The van der Waals surface area contributed by atoms with E-state index in [0.29, 0.717) is 35.8 Å². The monoisotopic (exact) mass is 375 g/mol. The summed E-state index contributed by atoms with van der Waals surface area (Å²) in [6.45, 7) is 7.04. The molecule has 2 aromatic rings. The van der Waals surface area contributed by atoms with Gasteiger partial charge in [0.1, 0.15) is 0 Å². The molecular formula is C20H26ClN3O2. The number of anilines is 1. The minimum absolute atomic E-state index is 0. The second kappa shape index (κ2) is 9.94. The van der Waals surface area contributed by atoms with Crippen LogP contribution >= 0.6 is 12.4 Å². The molecule has 2 amide bonds. The van der Waals surface area contributed by atoms with Gasteiger partial charge in [-0.1, -0.05) is 26.0 Å². The van der Waals surface area contributed by atoms with Crippen molar-refractivity contribution in [2.45, 2.75) is 27.3 Å². The van der Waals surface area contributed by atoms with Crippen molar-refractivity contribution in [3.63, 3.8) is 0 Å². The number of nitrogens with one attached hydrogen (secondary N) is 2. The predicted octanol–water partition coefficient (Wildman–Crippen LogP) is 3.51. The van der Waals surface area contributed by atoms with Gasteiger partial charge in [0.2, 0.25) is 0 Å². The summed E-state index contributed by atoms with van der Waals surface area (Å²) in [5, 5.41) is 5.76. The highest BCUT2D eigenvalue weighted by atomic mass is 35.5. The highest BCUT2D eigenvalue weighted by molar-refractivity contribution is 6.05. The zero-order chi connectivity index (χ0) is 18.4. The number of carbonyl (C=O) groups excluding carboxylic acids is 2. The summed E-state index contributed by atoms with van der Waals surface area (Å²) in [6.07, 6.45) is 0. The number of amides is 2. The van der Waals surface area contributed by atoms with Gasteiger partial charge in [0.25, 0.3) is 11.8 Å². The lowest BCUT2D eigenvalue weighted by Crippen LogP contribution is -2.27. The van der Waals surface area contributed by atoms with Gasteiger partial charge in [0, 0.05) is 29.9 Å². The number of rotatable bonds is 6. The zero-order valence-electron chi connectivity index (χ0n) is 15.3. The van der Waals surface area contributed by atoms with Gasteiger partial charge >= 0.3 is 0 Å². The molecule has 0 atom stereocenters. The molecule has 0 spiro atoms. The van der Waals surface area contributed by atoms with Crippen LogP contribution in [0.4, 0.5) is 5.69 Å². The summed E-state index contributed by atoms with van der Waals surface area (Å²) in [5.41, 5.74) is 9.22. The van der Waals surface area contributed by atoms with Crippen LogP contribution in [-0.2, 0) is 6.54 Å². The van der Waals surface area contributed by atoms with Gasteiger partial charge in [-0.05, 0) is 54.3 Å². The molecule has 0 heterocycles. The topological polar surface area (TPSA) is 84.2 Å². The molecule has 0 aliphatic heterocycles. The minimum atomic E-state index is -0.191. The van der Waals surface area contributed by atoms with Crippen LogP contribution in [0.5, 0.6) is 0 Å². The summed E-state index contributed by atoms with van der Waals surface area (Å²) in [6, 6.07) is 12.4. The fourth-order valence-electron chi connectivity index (χ4n) is 2.33. The number of hydrogen-bond donors (Lipinski definition) is 3. The molecule has 5 nitrogen and oxygen atoms in total. The molecule has 0 aromatic heterocycles. The van der Waals surface area contributed by atoms with E-state index < -0.39 is 0 Å². The number of nitrogens with two attached hydrogens (primary N) is 1. The quantitative estimate of drug-likeness (QED) is 0.722. The van der Waals surface area contributed by atoms with Gasteiger partial charge in [-0.3, -0.25) is 9.59 Å². The van der Waals surface area contributed by atoms with E-state index in [2.05, 4.69) is 10.6 Å².